The molecule has 6 heteroatoms. The van der Waals surface area contributed by atoms with Crippen LogP contribution in [0.5, 0.6) is 11.5 Å². The molecule has 0 radical (unpaired) electrons. The quantitative estimate of drug-likeness (QED) is 0.626. The molecule has 0 bridgehead atoms. The maximum atomic E-state index is 13.2. The van der Waals surface area contributed by atoms with Crippen LogP contribution in [0.15, 0.2) is 89.6 Å². The van der Waals surface area contributed by atoms with Gasteiger partial charge in [-0.1, -0.05) is 48.5 Å². The molecule has 1 heterocycles. The standard InChI is InChI=1S/C24H21N3O3/c1-29-20-14-12-19(13-15-20)26-27-23(17-8-4-3-5-9-17)25-21(24(27)28)16-18-10-6-7-11-22(18)30-2/h3-16,26H,1-2H3. The minimum Gasteiger partial charge on any atom is -0.497 e. The molecule has 3 aromatic rings. The number of hydrazine groups is 1. The molecule has 1 amide bonds. The molecule has 0 saturated carbocycles. The molecule has 150 valence electrons. The van der Waals surface area contributed by atoms with Crippen molar-refractivity contribution in [3.05, 3.63) is 95.7 Å². The highest BCUT2D eigenvalue weighted by Crippen LogP contribution is 2.27. The maximum Gasteiger partial charge on any atom is 0.297 e. The van der Waals surface area contributed by atoms with E-state index in [-0.39, 0.29) is 5.91 Å². The fourth-order valence-corrected chi connectivity index (χ4v) is 3.13. The first-order chi connectivity index (χ1) is 14.7. The number of carbonyl (C=O) groups excluding carboxylic acids is 1. The summed E-state index contributed by atoms with van der Waals surface area (Å²) >= 11 is 0. The van der Waals surface area contributed by atoms with Crippen LogP contribution < -0.4 is 14.9 Å². The Morgan fingerprint density at radius 3 is 2.27 bits per heavy atom. The lowest BCUT2D eigenvalue weighted by molar-refractivity contribution is -0.121. The number of anilines is 1. The summed E-state index contributed by atoms with van der Waals surface area (Å²) in [6, 6.07) is 24.4. The molecule has 1 N–H and O–H groups in total. The largest absolute Gasteiger partial charge is 0.497 e. The highest BCUT2D eigenvalue weighted by Gasteiger charge is 2.31. The number of hydrogen-bond donors (Lipinski definition) is 1. The zero-order chi connectivity index (χ0) is 20.9. The van der Waals surface area contributed by atoms with Crippen molar-refractivity contribution in [3.63, 3.8) is 0 Å². The van der Waals surface area contributed by atoms with Gasteiger partial charge in [0.05, 0.1) is 19.9 Å². The molecule has 0 atom stereocenters. The molecule has 0 spiro atoms. The summed E-state index contributed by atoms with van der Waals surface area (Å²) in [5.41, 5.74) is 5.83. The van der Waals surface area contributed by atoms with Gasteiger partial charge in [0.15, 0.2) is 5.84 Å². The van der Waals surface area contributed by atoms with E-state index in [0.717, 1.165) is 22.6 Å². The number of rotatable bonds is 6. The number of aliphatic imine (C=N–C) groups is 1. The van der Waals surface area contributed by atoms with Gasteiger partial charge in [-0.05, 0) is 36.4 Å². The van der Waals surface area contributed by atoms with Crippen LogP contribution in [0.25, 0.3) is 6.08 Å². The van der Waals surface area contributed by atoms with Gasteiger partial charge in [-0.25, -0.2) is 4.99 Å². The summed E-state index contributed by atoms with van der Waals surface area (Å²) in [7, 11) is 3.21. The number of amides is 1. The minimum atomic E-state index is -0.254. The molecule has 0 fully saturated rings. The van der Waals surface area contributed by atoms with Crippen molar-refractivity contribution in [3.8, 4) is 11.5 Å². The van der Waals surface area contributed by atoms with Gasteiger partial charge >= 0.3 is 0 Å². The average molecular weight is 399 g/mol. The Bertz CT molecular complexity index is 1110. The molecule has 1 aliphatic rings. The first-order valence-electron chi connectivity index (χ1n) is 9.43. The molecule has 3 aromatic carbocycles. The number of para-hydroxylation sites is 1. The van der Waals surface area contributed by atoms with Gasteiger partial charge in [0.2, 0.25) is 0 Å². The number of ether oxygens (including phenoxy) is 2. The topological polar surface area (TPSA) is 63.2 Å². The number of amidine groups is 1. The third-order valence-electron chi connectivity index (χ3n) is 4.65. The van der Waals surface area contributed by atoms with Gasteiger partial charge in [0.1, 0.15) is 17.2 Å². The van der Waals surface area contributed by atoms with Crippen LogP contribution in [0.1, 0.15) is 11.1 Å². The second-order valence-corrected chi connectivity index (χ2v) is 6.55. The van der Waals surface area contributed by atoms with Crippen molar-refractivity contribution >= 4 is 23.5 Å². The van der Waals surface area contributed by atoms with E-state index >= 15 is 0 Å². The van der Waals surface area contributed by atoms with Crippen molar-refractivity contribution < 1.29 is 14.3 Å². The summed E-state index contributed by atoms with van der Waals surface area (Å²) in [4.78, 5) is 17.9. The van der Waals surface area contributed by atoms with Gasteiger partial charge in [-0.15, -0.1) is 0 Å². The van der Waals surface area contributed by atoms with Crippen molar-refractivity contribution in [2.24, 2.45) is 4.99 Å². The summed E-state index contributed by atoms with van der Waals surface area (Å²) in [6.45, 7) is 0. The fraction of sp³-hybridized carbons (Fsp3) is 0.0833. The van der Waals surface area contributed by atoms with Gasteiger partial charge < -0.3 is 9.47 Å². The van der Waals surface area contributed by atoms with Crippen LogP contribution >= 0.6 is 0 Å². The van der Waals surface area contributed by atoms with Crippen LogP contribution in [-0.4, -0.2) is 31.0 Å². The second kappa shape index (κ2) is 8.53. The Kier molecular flexibility index (Phi) is 5.48. The van der Waals surface area contributed by atoms with Crippen LogP contribution in [0.2, 0.25) is 0 Å². The monoisotopic (exact) mass is 399 g/mol. The zero-order valence-corrected chi connectivity index (χ0v) is 16.7. The predicted octanol–water partition coefficient (Wildman–Crippen LogP) is 4.36. The lowest BCUT2D eigenvalue weighted by Crippen LogP contribution is -2.37. The zero-order valence-electron chi connectivity index (χ0n) is 16.7. The number of nitrogens with one attached hydrogen (secondary N) is 1. The van der Waals surface area contributed by atoms with E-state index < -0.39 is 0 Å². The van der Waals surface area contributed by atoms with Crippen molar-refractivity contribution in [1.82, 2.24) is 5.01 Å². The Balaban J connectivity index is 1.72. The Morgan fingerprint density at radius 2 is 1.57 bits per heavy atom. The number of hydrogen-bond acceptors (Lipinski definition) is 5. The Hall–Kier alpha value is -4.06. The summed E-state index contributed by atoms with van der Waals surface area (Å²) < 4.78 is 10.6. The lowest BCUT2D eigenvalue weighted by atomic mass is 10.1. The van der Waals surface area contributed by atoms with Crippen LogP contribution in [0.4, 0.5) is 5.69 Å². The van der Waals surface area contributed by atoms with Gasteiger partial charge in [-0.3, -0.25) is 10.2 Å². The van der Waals surface area contributed by atoms with Gasteiger partial charge in [0.25, 0.3) is 5.91 Å². The van der Waals surface area contributed by atoms with E-state index in [1.807, 2.05) is 78.9 Å². The van der Waals surface area contributed by atoms with Crippen LogP contribution in [0, 0.1) is 0 Å². The predicted molar refractivity (Wildman–Crippen MR) is 117 cm³/mol. The van der Waals surface area contributed by atoms with E-state index in [2.05, 4.69) is 10.4 Å². The van der Waals surface area contributed by atoms with Crippen LogP contribution in [0.3, 0.4) is 0 Å². The minimum absolute atomic E-state index is 0.254. The Labute approximate surface area is 175 Å². The lowest BCUT2D eigenvalue weighted by Gasteiger charge is -2.20. The third-order valence-corrected chi connectivity index (χ3v) is 4.65. The highest BCUT2D eigenvalue weighted by atomic mass is 16.5. The number of methoxy groups -OCH3 is 2. The summed E-state index contributed by atoms with van der Waals surface area (Å²) in [6.07, 6.45) is 1.74. The molecule has 0 aliphatic carbocycles. The number of nitrogens with zero attached hydrogens (tertiary/aromatic N) is 2. The van der Waals surface area contributed by atoms with E-state index in [1.165, 1.54) is 5.01 Å². The van der Waals surface area contributed by atoms with Gasteiger partial charge in [0, 0.05) is 11.1 Å². The van der Waals surface area contributed by atoms with E-state index in [1.54, 1.807) is 20.3 Å². The highest BCUT2D eigenvalue weighted by molar-refractivity contribution is 6.20. The van der Waals surface area contributed by atoms with Crippen molar-refractivity contribution in [2.45, 2.75) is 0 Å². The fourth-order valence-electron chi connectivity index (χ4n) is 3.13. The van der Waals surface area contributed by atoms with Crippen molar-refractivity contribution in [1.29, 1.82) is 0 Å². The van der Waals surface area contributed by atoms with E-state index in [4.69, 9.17) is 9.47 Å². The number of carbonyl (C=O) groups is 1. The van der Waals surface area contributed by atoms with E-state index in [0.29, 0.717) is 17.3 Å². The molecule has 30 heavy (non-hydrogen) atoms. The summed E-state index contributed by atoms with van der Waals surface area (Å²) in [5.74, 6) is 1.69. The molecule has 4 rings (SSSR count). The van der Waals surface area contributed by atoms with Crippen molar-refractivity contribution in [2.75, 3.05) is 19.6 Å². The summed E-state index contributed by atoms with van der Waals surface area (Å²) in [5, 5.41) is 1.46. The number of benzene rings is 3. The molecule has 0 unspecified atom stereocenters. The molecular formula is C24H21N3O3. The smallest absolute Gasteiger partial charge is 0.297 e. The molecule has 6 nitrogen and oxygen atoms in total. The molecule has 1 aliphatic heterocycles. The first-order valence-corrected chi connectivity index (χ1v) is 9.43. The SMILES string of the molecule is COc1ccc(NN2C(=O)C(=Cc3ccccc3OC)N=C2c2ccccc2)cc1. The van der Waals surface area contributed by atoms with Gasteiger partial charge in [-0.2, -0.15) is 5.01 Å². The molecule has 0 aromatic heterocycles. The Morgan fingerprint density at radius 1 is 0.867 bits per heavy atom. The molecule has 0 saturated heterocycles. The second-order valence-electron chi connectivity index (χ2n) is 6.55. The normalized spacial score (nSPS) is 14.6. The van der Waals surface area contributed by atoms with E-state index in [9.17, 15) is 4.79 Å². The average Bonchev–Trinajstić information content (AvgIpc) is 3.10. The molecular weight excluding hydrogens is 378 g/mol. The third kappa shape index (κ3) is 3.89. The maximum absolute atomic E-state index is 13.2. The first kappa shape index (κ1) is 19.3. The van der Waals surface area contributed by atoms with Crippen LogP contribution in [-0.2, 0) is 4.79 Å².